The molecule has 4 rings (SSSR count). The molecule has 0 aliphatic carbocycles. The molecule has 2 fully saturated rings. The number of carbonyl (C=O) groups is 3. The summed E-state index contributed by atoms with van der Waals surface area (Å²) in [6.45, 7) is 8.47. The van der Waals surface area contributed by atoms with Crippen molar-refractivity contribution in [3.8, 4) is 0 Å². The summed E-state index contributed by atoms with van der Waals surface area (Å²) < 4.78 is 6.88. The molecule has 188 valence electrons. The van der Waals surface area contributed by atoms with Crippen LogP contribution in [0.25, 0.3) is 0 Å². The molecule has 0 aromatic carbocycles. The van der Waals surface area contributed by atoms with Crippen LogP contribution < -0.4 is 10.6 Å². The quantitative estimate of drug-likeness (QED) is 0.426. The molecule has 0 bridgehead atoms. The van der Waals surface area contributed by atoms with Gasteiger partial charge in [0.25, 0.3) is 5.91 Å². The molecule has 1 aromatic heterocycles. The second-order valence-corrected chi connectivity index (χ2v) is 10.1. The molecule has 2 unspecified atom stereocenters. The van der Waals surface area contributed by atoms with E-state index < -0.39 is 11.5 Å². The summed E-state index contributed by atoms with van der Waals surface area (Å²) in [5.74, 6) is -0.811. The Bertz CT molecular complexity index is 1100. The minimum atomic E-state index is -0.581. The van der Waals surface area contributed by atoms with Crippen molar-refractivity contribution >= 4 is 23.9 Å². The van der Waals surface area contributed by atoms with Crippen molar-refractivity contribution < 1.29 is 24.4 Å². The zero-order valence-corrected chi connectivity index (χ0v) is 20.7. The smallest absolute Gasteiger partial charge is 0.410 e. The Hall–Kier alpha value is -3.47. The third-order valence-electron chi connectivity index (χ3n) is 6.54. The number of nitrogens with one attached hydrogen (secondary N) is 2. The van der Waals surface area contributed by atoms with E-state index in [0.29, 0.717) is 30.0 Å². The van der Waals surface area contributed by atoms with Crippen LogP contribution >= 0.6 is 0 Å². The number of nitrogens with zero attached hydrogens (tertiary/aromatic N) is 4. The molecule has 0 radical (unpaired) electrons. The lowest BCUT2D eigenvalue weighted by Gasteiger charge is -2.49. The molecular weight excluding hydrogens is 450 g/mol. The van der Waals surface area contributed by atoms with Crippen LogP contribution in [-0.2, 0) is 9.53 Å². The predicted molar refractivity (Wildman–Crippen MR) is 127 cm³/mol. The minimum Gasteiger partial charge on any atom is -0.444 e. The molecule has 3 aliphatic heterocycles. The molecule has 4 N–H and O–H groups in total. The van der Waals surface area contributed by atoms with Crippen LogP contribution in [0.3, 0.4) is 0 Å². The van der Waals surface area contributed by atoms with Gasteiger partial charge in [0.05, 0.1) is 35.7 Å². The Kier molecular flexibility index (Phi) is 6.79. The van der Waals surface area contributed by atoms with Gasteiger partial charge in [0.1, 0.15) is 5.60 Å². The van der Waals surface area contributed by atoms with Crippen LogP contribution in [0.5, 0.6) is 0 Å². The van der Waals surface area contributed by atoms with Gasteiger partial charge in [-0.1, -0.05) is 0 Å². The lowest BCUT2D eigenvalue weighted by Crippen LogP contribution is -2.77. The van der Waals surface area contributed by atoms with Gasteiger partial charge in [-0.25, -0.2) is 9.48 Å². The molecule has 11 nitrogen and oxygen atoms in total. The second kappa shape index (κ2) is 9.65. The summed E-state index contributed by atoms with van der Waals surface area (Å²) in [6.07, 6.45) is 9.47. The molecule has 11 heteroatoms. The van der Waals surface area contributed by atoms with Gasteiger partial charge in [-0.3, -0.25) is 25.6 Å². The summed E-state index contributed by atoms with van der Waals surface area (Å²) in [5, 5.41) is 16.7. The maximum Gasteiger partial charge on any atom is 0.410 e. The Labute approximate surface area is 204 Å². The van der Waals surface area contributed by atoms with Crippen molar-refractivity contribution in [1.29, 1.82) is 5.41 Å². The average molecular weight is 485 g/mol. The van der Waals surface area contributed by atoms with E-state index in [1.807, 2.05) is 25.7 Å². The molecule has 0 saturated carbocycles. The van der Waals surface area contributed by atoms with Gasteiger partial charge in [-0.2, -0.15) is 5.10 Å². The first kappa shape index (κ1) is 24.6. The molecule has 2 saturated heterocycles. The SMILES string of the molecule is Cc1c(C(=O)N2CCCC3C2CCCN3C(=O)OC(C)(C)C)cnn1C(=N)NC(=O)C1=CC=C[NH2+]1. The average Bonchev–Trinajstić information content (AvgIpc) is 3.47. The number of ether oxygens (including phenoxy) is 1. The van der Waals surface area contributed by atoms with Crippen molar-refractivity contribution in [2.75, 3.05) is 13.1 Å². The fourth-order valence-corrected chi connectivity index (χ4v) is 4.94. The topological polar surface area (TPSA) is 137 Å². The molecule has 35 heavy (non-hydrogen) atoms. The number of rotatable bonds is 2. The Morgan fingerprint density at radius 1 is 1.14 bits per heavy atom. The minimum absolute atomic E-state index is 0.0891. The number of allylic oxidation sites excluding steroid dienone is 2. The number of aromatic nitrogens is 2. The third-order valence-corrected chi connectivity index (χ3v) is 6.54. The Balaban J connectivity index is 1.48. The van der Waals surface area contributed by atoms with Crippen LogP contribution in [-0.4, -0.2) is 74.2 Å². The van der Waals surface area contributed by atoms with Crippen molar-refractivity contribution in [2.24, 2.45) is 0 Å². The fraction of sp³-hybridized carbons (Fsp3) is 0.542. The van der Waals surface area contributed by atoms with Crippen LogP contribution in [0.1, 0.15) is 62.5 Å². The van der Waals surface area contributed by atoms with E-state index in [1.54, 1.807) is 35.5 Å². The van der Waals surface area contributed by atoms with Gasteiger partial charge in [-0.05, 0) is 59.5 Å². The normalized spacial score (nSPS) is 21.9. The fourth-order valence-electron chi connectivity index (χ4n) is 4.94. The maximum absolute atomic E-state index is 13.6. The van der Waals surface area contributed by atoms with Crippen LogP contribution in [0.4, 0.5) is 4.79 Å². The maximum atomic E-state index is 13.6. The van der Waals surface area contributed by atoms with Gasteiger partial charge in [0.2, 0.25) is 5.96 Å². The molecule has 2 atom stereocenters. The first-order chi connectivity index (χ1) is 16.6. The highest BCUT2D eigenvalue weighted by Crippen LogP contribution is 2.32. The number of hydrogen-bond donors (Lipinski definition) is 3. The number of piperidine rings is 2. The number of fused-ring (bicyclic) bond motifs is 1. The van der Waals surface area contributed by atoms with Crippen LogP contribution in [0, 0.1) is 12.3 Å². The third kappa shape index (κ3) is 5.14. The summed E-state index contributed by atoms with van der Waals surface area (Å²) in [5.41, 5.74) is 0.724. The van der Waals surface area contributed by atoms with E-state index in [1.165, 1.54) is 10.9 Å². The number of quaternary nitrogens is 1. The molecule has 3 amide bonds. The monoisotopic (exact) mass is 484 g/mol. The van der Waals surface area contributed by atoms with Gasteiger partial charge in [-0.15, -0.1) is 0 Å². The number of likely N-dealkylation sites (tertiary alicyclic amines) is 2. The lowest BCUT2D eigenvalue weighted by molar-refractivity contribution is -0.524. The highest BCUT2D eigenvalue weighted by atomic mass is 16.6. The highest BCUT2D eigenvalue weighted by molar-refractivity contribution is 6.04. The zero-order chi connectivity index (χ0) is 25.3. The summed E-state index contributed by atoms with van der Waals surface area (Å²) >= 11 is 0. The van der Waals surface area contributed by atoms with Gasteiger partial charge in [0.15, 0.2) is 5.70 Å². The van der Waals surface area contributed by atoms with Crippen molar-refractivity contribution in [3.05, 3.63) is 41.5 Å². The van der Waals surface area contributed by atoms with Crippen molar-refractivity contribution in [2.45, 2.75) is 71.1 Å². The molecule has 0 spiro atoms. The second-order valence-electron chi connectivity index (χ2n) is 10.1. The van der Waals surface area contributed by atoms with Gasteiger partial charge < -0.3 is 14.5 Å². The van der Waals surface area contributed by atoms with Gasteiger partial charge >= 0.3 is 12.0 Å². The van der Waals surface area contributed by atoms with Crippen LogP contribution in [0.2, 0.25) is 0 Å². The molecule has 1 aromatic rings. The van der Waals surface area contributed by atoms with E-state index in [2.05, 4.69) is 10.4 Å². The van der Waals surface area contributed by atoms with E-state index in [9.17, 15) is 14.4 Å². The van der Waals surface area contributed by atoms with Crippen molar-refractivity contribution in [3.63, 3.8) is 0 Å². The predicted octanol–water partition coefficient (Wildman–Crippen LogP) is 1.07. The first-order valence-electron chi connectivity index (χ1n) is 12.0. The summed E-state index contributed by atoms with van der Waals surface area (Å²) in [6, 6.07) is -0.189. The number of amides is 3. The Morgan fingerprint density at radius 3 is 2.43 bits per heavy atom. The number of nitrogens with two attached hydrogens (primary N) is 1. The number of carbonyl (C=O) groups excluding carboxylic acids is 3. The van der Waals surface area contributed by atoms with Crippen molar-refractivity contribution in [1.82, 2.24) is 24.9 Å². The largest absolute Gasteiger partial charge is 0.444 e. The summed E-state index contributed by atoms with van der Waals surface area (Å²) in [4.78, 5) is 42.4. The molecule has 3 aliphatic rings. The standard InChI is InChI=1S/C24H33N7O4/c1-15-16(14-27-31(15)22(25)28-20(32)17-8-5-11-26-17)21(33)29-12-6-10-19-18(29)9-7-13-30(19)23(34)35-24(2,3)4/h5,8,11,14,18-19,26H,6-7,9-10,12-13H2,1-4H3,(H2,25,28,32)/p+1. The van der Waals surface area contributed by atoms with Gasteiger partial charge in [0, 0.05) is 19.2 Å². The lowest BCUT2D eigenvalue weighted by atomic mass is 9.87. The zero-order valence-electron chi connectivity index (χ0n) is 20.7. The summed E-state index contributed by atoms with van der Waals surface area (Å²) in [7, 11) is 0. The number of hydrogen-bond acceptors (Lipinski definition) is 6. The van der Waals surface area contributed by atoms with E-state index in [-0.39, 0.29) is 30.0 Å². The van der Waals surface area contributed by atoms with Crippen LogP contribution in [0.15, 0.2) is 30.2 Å². The molecule has 4 heterocycles. The van der Waals surface area contributed by atoms with E-state index in [0.717, 1.165) is 25.7 Å². The van der Waals surface area contributed by atoms with E-state index >= 15 is 0 Å². The first-order valence-corrected chi connectivity index (χ1v) is 12.0. The highest BCUT2D eigenvalue weighted by Gasteiger charge is 2.43. The van der Waals surface area contributed by atoms with E-state index in [4.69, 9.17) is 10.1 Å². The molecular formula is C24H34N7O4+. The Morgan fingerprint density at radius 2 is 1.80 bits per heavy atom.